The van der Waals surface area contributed by atoms with Crippen molar-refractivity contribution in [1.29, 1.82) is 0 Å². The molecule has 0 N–H and O–H groups in total. The van der Waals surface area contributed by atoms with Gasteiger partial charge in [0.05, 0.1) is 16.3 Å². The molecule has 1 fully saturated rings. The van der Waals surface area contributed by atoms with Gasteiger partial charge in [0.25, 0.3) is 0 Å². The Morgan fingerprint density at radius 3 is 2.60 bits per heavy atom. The summed E-state index contributed by atoms with van der Waals surface area (Å²) in [5.74, 6) is -0.476. The van der Waals surface area contributed by atoms with Gasteiger partial charge in [0.1, 0.15) is 6.54 Å². The number of carbonyl (C=O) groups is 2. The molecule has 0 bridgehead atoms. The van der Waals surface area contributed by atoms with Gasteiger partial charge in [-0.3, -0.25) is 9.59 Å². The van der Waals surface area contributed by atoms with Gasteiger partial charge in [-0.05, 0) is 37.0 Å². The first-order valence-electron chi connectivity index (χ1n) is 8.02. The van der Waals surface area contributed by atoms with Crippen molar-refractivity contribution >= 4 is 29.1 Å². The number of anilines is 1. The highest BCUT2D eigenvalue weighted by Crippen LogP contribution is 2.35. The van der Waals surface area contributed by atoms with Crippen molar-refractivity contribution in [3.8, 4) is 0 Å². The third-order valence-electron chi connectivity index (χ3n) is 4.25. The molecular formula is C17H20ClF3N2O2. The van der Waals surface area contributed by atoms with Crippen molar-refractivity contribution in [3.63, 3.8) is 0 Å². The minimum atomic E-state index is -4.56. The molecule has 0 saturated carbocycles. The van der Waals surface area contributed by atoms with Crippen molar-refractivity contribution in [3.05, 3.63) is 28.8 Å². The Morgan fingerprint density at radius 2 is 2.04 bits per heavy atom. The largest absolute Gasteiger partial charge is 0.416 e. The minimum Gasteiger partial charge on any atom is -0.341 e. The zero-order valence-corrected chi connectivity index (χ0v) is 14.8. The average molecular weight is 377 g/mol. The number of likely N-dealkylation sites (tertiary alicyclic amines) is 1. The summed E-state index contributed by atoms with van der Waals surface area (Å²) in [7, 11) is 0. The van der Waals surface area contributed by atoms with E-state index < -0.39 is 17.6 Å². The van der Waals surface area contributed by atoms with Crippen LogP contribution in [-0.4, -0.2) is 36.3 Å². The fraction of sp³-hybridized carbons (Fsp3) is 0.529. The molecule has 0 radical (unpaired) electrons. The highest BCUT2D eigenvalue weighted by molar-refractivity contribution is 6.34. The topological polar surface area (TPSA) is 40.6 Å². The molecule has 4 nitrogen and oxygen atoms in total. The average Bonchev–Trinajstić information content (AvgIpc) is 2.51. The Balaban J connectivity index is 2.26. The molecule has 1 aliphatic heterocycles. The van der Waals surface area contributed by atoms with Crippen LogP contribution in [0, 0.1) is 5.92 Å². The van der Waals surface area contributed by atoms with Crippen LogP contribution in [0.25, 0.3) is 0 Å². The van der Waals surface area contributed by atoms with Crippen LogP contribution in [-0.2, 0) is 15.8 Å². The molecule has 0 aliphatic carbocycles. The Morgan fingerprint density at radius 1 is 1.36 bits per heavy atom. The summed E-state index contributed by atoms with van der Waals surface area (Å²) in [5, 5.41) is -0.0111. The molecular weight excluding hydrogens is 357 g/mol. The van der Waals surface area contributed by atoms with E-state index in [9.17, 15) is 22.8 Å². The first-order valence-corrected chi connectivity index (χ1v) is 8.40. The predicted molar refractivity (Wildman–Crippen MR) is 89.5 cm³/mol. The number of benzene rings is 1. The summed E-state index contributed by atoms with van der Waals surface area (Å²) in [6.45, 7) is 4.07. The molecule has 1 atom stereocenters. The number of alkyl halides is 3. The van der Waals surface area contributed by atoms with Gasteiger partial charge in [0.2, 0.25) is 11.8 Å². The molecule has 2 amide bonds. The predicted octanol–water partition coefficient (Wildman–Crippen LogP) is 3.97. The van der Waals surface area contributed by atoms with Gasteiger partial charge >= 0.3 is 6.18 Å². The van der Waals surface area contributed by atoms with Crippen LogP contribution in [0.5, 0.6) is 0 Å². The van der Waals surface area contributed by atoms with Crippen molar-refractivity contribution in [2.45, 2.75) is 32.9 Å². The van der Waals surface area contributed by atoms with Crippen molar-refractivity contribution in [2.75, 3.05) is 24.5 Å². The van der Waals surface area contributed by atoms with Gasteiger partial charge in [-0.15, -0.1) is 0 Å². The zero-order chi connectivity index (χ0) is 18.8. The van der Waals surface area contributed by atoms with Crippen LogP contribution < -0.4 is 4.90 Å². The number of rotatable bonds is 3. The minimum absolute atomic E-state index is 0.0111. The lowest BCUT2D eigenvalue weighted by Gasteiger charge is -2.33. The highest BCUT2D eigenvalue weighted by Gasteiger charge is 2.32. The Bertz CT molecular complexity index is 664. The number of nitrogens with zero attached hydrogens (tertiary/aromatic N) is 2. The fourth-order valence-electron chi connectivity index (χ4n) is 2.91. The highest BCUT2D eigenvalue weighted by atomic mass is 35.5. The van der Waals surface area contributed by atoms with Gasteiger partial charge in [0.15, 0.2) is 0 Å². The molecule has 138 valence electrons. The van der Waals surface area contributed by atoms with Crippen molar-refractivity contribution < 1.29 is 22.8 Å². The van der Waals surface area contributed by atoms with E-state index in [1.54, 1.807) is 4.90 Å². The normalized spacial score (nSPS) is 18.2. The number of halogens is 4. The molecule has 0 aromatic heterocycles. The van der Waals surface area contributed by atoms with Gasteiger partial charge in [0, 0.05) is 20.0 Å². The van der Waals surface area contributed by atoms with Gasteiger partial charge in [-0.25, -0.2) is 0 Å². The number of hydrogen-bond donors (Lipinski definition) is 0. The second-order valence-corrected chi connectivity index (χ2v) is 6.76. The molecule has 1 saturated heterocycles. The number of piperidine rings is 1. The molecule has 1 heterocycles. The maximum absolute atomic E-state index is 12.9. The number of hydrogen-bond acceptors (Lipinski definition) is 2. The van der Waals surface area contributed by atoms with Gasteiger partial charge in [-0.2, -0.15) is 13.2 Å². The van der Waals surface area contributed by atoms with E-state index in [1.807, 2.05) is 6.92 Å². The smallest absolute Gasteiger partial charge is 0.341 e. The standard InChI is InChI=1S/C17H20ClF3N2O2/c1-11-4-3-7-22(9-11)16(25)10-23(12(2)24)15-8-13(17(19,20)21)5-6-14(15)18/h5-6,8,11H,3-4,7,9-10H2,1-2H3. The Hall–Kier alpha value is -1.76. The lowest BCUT2D eigenvalue weighted by molar-refractivity contribution is -0.137. The van der Waals surface area contributed by atoms with Crippen LogP contribution in [0.1, 0.15) is 32.3 Å². The first kappa shape index (κ1) is 19.6. The van der Waals surface area contributed by atoms with E-state index in [2.05, 4.69) is 0 Å². The summed E-state index contributed by atoms with van der Waals surface area (Å²) in [5.41, 5.74) is -1.03. The molecule has 0 spiro atoms. The summed E-state index contributed by atoms with van der Waals surface area (Å²) in [4.78, 5) is 27.1. The monoisotopic (exact) mass is 376 g/mol. The maximum Gasteiger partial charge on any atom is 0.416 e. The zero-order valence-electron chi connectivity index (χ0n) is 14.1. The van der Waals surface area contributed by atoms with E-state index >= 15 is 0 Å². The number of carbonyl (C=O) groups excluding carboxylic acids is 2. The molecule has 8 heteroatoms. The second-order valence-electron chi connectivity index (χ2n) is 6.36. The van der Waals surface area contributed by atoms with Crippen molar-refractivity contribution in [1.82, 2.24) is 4.90 Å². The molecule has 2 rings (SSSR count). The van der Waals surface area contributed by atoms with E-state index in [0.717, 1.165) is 35.9 Å². The van der Waals surface area contributed by atoms with Gasteiger partial charge < -0.3 is 9.80 Å². The molecule has 1 aromatic rings. The molecule has 1 unspecified atom stereocenters. The van der Waals surface area contributed by atoms with E-state index in [-0.39, 0.29) is 23.2 Å². The molecule has 1 aliphatic rings. The summed E-state index contributed by atoms with van der Waals surface area (Å²) in [6.07, 6.45) is -2.66. The lowest BCUT2D eigenvalue weighted by atomic mass is 10.0. The van der Waals surface area contributed by atoms with Crippen molar-refractivity contribution in [2.24, 2.45) is 5.92 Å². The molecule has 1 aromatic carbocycles. The van der Waals surface area contributed by atoms with E-state index in [1.165, 1.54) is 6.92 Å². The number of amides is 2. The summed E-state index contributed by atoms with van der Waals surface area (Å²) >= 11 is 5.99. The SMILES string of the molecule is CC(=O)N(CC(=O)N1CCCC(C)C1)c1cc(C(F)(F)F)ccc1Cl. The van der Waals surface area contributed by atoms with Crippen LogP contribution >= 0.6 is 11.6 Å². The van der Waals surface area contributed by atoms with Crippen LogP contribution in [0.3, 0.4) is 0 Å². The van der Waals surface area contributed by atoms with Crippen LogP contribution in [0.15, 0.2) is 18.2 Å². The Kier molecular flexibility index (Phi) is 5.98. The third-order valence-corrected chi connectivity index (χ3v) is 4.57. The Labute approximate surface area is 149 Å². The fourth-order valence-corrected chi connectivity index (χ4v) is 3.13. The lowest BCUT2D eigenvalue weighted by Crippen LogP contribution is -2.46. The van der Waals surface area contributed by atoms with E-state index in [0.29, 0.717) is 19.0 Å². The second kappa shape index (κ2) is 7.64. The summed E-state index contributed by atoms with van der Waals surface area (Å²) < 4.78 is 38.8. The maximum atomic E-state index is 12.9. The first-order chi connectivity index (χ1) is 11.6. The quantitative estimate of drug-likeness (QED) is 0.800. The van der Waals surface area contributed by atoms with Crippen LogP contribution in [0.2, 0.25) is 5.02 Å². The third kappa shape index (κ3) is 4.87. The van der Waals surface area contributed by atoms with E-state index in [4.69, 9.17) is 11.6 Å². The van der Waals surface area contributed by atoms with Crippen LogP contribution in [0.4, 0.5) is 18.9 Å². The summed E-state index contributed by atoms with van der Waals surface area (Å²) in [6, 6.07) is 2.73. The molecule has 25 heavy (non-hydrogen) atoms. The van der Waals surface area contributed by atoms with Gasteiger partial charge in [-0.1, -0.05) is 18.5 Å².